The molecule has 3 aliphatic heterocycles. The van der Waals surface area contributed by atoms with Gasteiger partial charge in [0, 0.05) is 56.8 Å². The number of amides is 2. The van der Waals surface area contributed by atoms with Crippen LogP contribution in [0, 0.1) is 5.92 Å². The van der Waals surface area contributed by atoms with E-state index in [2.05, 4.69) is 50.3 Å². The quantitative estimate of drug-likeness (QED) is 0.490. The first kappa shape index (κ1) is 24.9. The molecule has 0 bridgehead atoms. The molecule has 4 heterocycles. The Morgan fingerprint density at radius 1 is 1.08 bits per heavy atom. The lowest BCUT2D eigenvalue weighted by Crippen LogP contribution is -2.54. The maximum absolute atomic E-state index is 14.0. The Bertz CT molecular complexity index is 1210. The molecule has 2 aromatic carbocycles. The van der Waals surface area contributed by atoms with E-state index in [4.69, 9.17) is 9.47 Å². The summed E-state index contributed by atoms with van der Waals surface area (Å²) in [6.45, 7) is 6.26. The number of urea groups is 1. The molecule has 3 aliphatic rings. The number of aromatic amines is 1. The Labute approximate surface area is 224 Å². The van der Waals surface area contributed by atoms with Crippen molar-refractivity contribution in [3.05, 3.63) is 66.5 Å². The van der Waals surface area contributed by atoms with Gasteiger partial charge in [-0.1, -0.05) is 24.3 Å². The van der Waals surface area contributed by atoms with Crippen molar-refractivity contribution in [1.29, 1.82) is 0 Å². The number of nitrogens with zero attached hydrogens (tertiary/aromatic N) is 4. The average molecular weight is 516 g/mol. The minimum atomic E-state index is -0.185. The highest BCUT2D eigenvalue weighted by Crippen LogP contribution is 2.40. The number of carbonyl (C=O) groups excluding carboxylic acids is 1. The van der Waals surface area contributed by atoms with Crippen LogP contribution in [0.15, 0.2) is 60.9 Å². The van der Waals surface area contributed by atoms with Crippen molar-refractivity contribution in [2.24, 2.45) is 5.92 Å². The van der Waals surface area contributed by atoms with Crippen LogP contribution >= 0.6 is 0 Å². The van der Waals surface area contributed by atoms with Gasteiger partial charge in [-0.05, 0) is 67.0 Å². The Morgan fingerprint density at radius 3 is 2.58 bits per heavy atom. The van der Waals surface area contributed by atoms with Gasteiger partial charge in [0.2, 0.25) is 0 Å². The summed E-state index contributed by atoms with van der Waals surface area (Å²) in [5.74, 6) is 1.54. The van der Waals surface area contributed by atoms with Gasteiger partial charge in [0.25, 0.3) is 0 Å². The van der Waals surface area contributed by atoms with Gasteiger partial charge in [0.05, 0.1) is 25.4 Å². The lowest BCUT2D eigenvalue weighted by molar-refractivity contribution is 0.0313. The van der Waals surface area contributed by atoms with Crippen molar-refractivity contribution in [2.45, 2.75) is 37.8 Å². The number of piperidine rings is 1. The molecule has 1 aromatic heterocycles. The van der Waals surface area contributed by atoms with Crippen LogP contribution in [0.2, 0.25) is 0 Å². The average Bonchev–Trinajstić information content (AvgIpc) is 3.59. The van der Waals surface area contributed by atoms with Gasteiger partial charge < -0.3 is 19.3 Å². The molecule has 1 N–H and O–H groups in total. The minimum absolute atomic E-state index is 0.0850. The number of hydrogen-bond acceptors (Lipinski definition) is 5. The van der Waals surface area contributed by atoms with Crippen LogP contribution in [-0.2, 0) is 11.3 Å². The molecule has 0 saturated carbocycles. The van der Waals surface area contributed by atoms with Gasteiger partial charge in [0.15, 0.2) is 0 Å². The first-order valence-corrected chi connectivity index (χ1v) is 13.7. The lowest BCUT2D eigenvalue weighted by atomic mass is 9.85. The number of ether oxygens (including phenoxy) is 2. The van der Waals surface area contributed by atoms with Gasteiger partial charge in [-0.25, -0.2) is 4.79 Å². The van der Waals surface area contributed by atoms with E-state index >= 15 is 0 Å². The zero-order chi connectivity index (χ0) is 26.0. The van der Waals surface area contributed by atoms with Crippen LogP contribution in [0.1, 0.15) is 31.2 Å². The first-order chi connectivity index (χ1) is 18.6. The fourth-order valence-electron chi connectivity index (χ4n) is 6.30. The summed E-state index contributed by atoms with van der Waals surface area (Å²) < 4.78 is 11.0. The van der Waals surface area contributed by atoms with Crippen molar-refractivity contribution in [2.75, 3.05) is 51.4 Å². The van der Waals surface area contributed by atoms with Gasteiger partial charge in [-0.2, -0.15) is 5.10 Å². The number of benzene rings is 2. The number of H-pyrrole nitrogens is 1. The van der Waals surface area contributed by atoms with Crippen LogP contribution in [0.3, 0.4) is 0 Å². The largest absolute Gasteiger partial charge is 0.497 e. The third-order valence-electron chi connectivity index (χ3n) is 8.62. The predicted octanol–water partition coefficient (Wildman–Crippen LogP) is 4.79. The Morgan fingerprint density at radius 2 is 1.87 bits per heavy atom. The van der Waals surface area contributed by atoms with E-state index in [1.807, 2.05) is 35.5 Å². The molecule has 8 heteroatoms. The normalized spacial score (nSPS) is 20.4. The van der Waals surface area contributed by atoms with Crippen molar-refractivity contribution < 1.29 is 14.3 Å². The van der Waals surface area contributed by atoms with E-state index in [9.17, 15) is 4.79 Å². The van der Waals surface area contributed by atoms with Crippen molar-refractivity contribution in [1.82, 2.24) is 20.0 Å². The second-order valence-corrected chi connectivity index (χ2v) is 10.9. The Hall–Kier alpha value is -3.36. The molecule has 200 valence electrons. The van der Waals surface area contributed by atoms with Crippen LogP contribution in [-0.4, -0.2) is 78.1 Å². The van der Waals surface area contributed by atoms with Crippen LogP contribution in [0.5, 0.6) is 5.75 Å². The number of aromatic nitrogens is 2. The summed E-state index contributed by atoms with van der Waals surface area (Å²) in [6, 6.07) is 16.4. The zero-order valence-electron chi connectivity index (χ0n) is 22.1. The Balaban J connectivity index is 1.23. The molecule has 8 nitrogen and oxygen atoms in total. The smallest absolute Gasteiger partial charge is 0.325 e. The zero-order valence-corrected chi connectivity index (χ0v) is 22.1. The molecule has 3 fully saturated rings. The standard InChI is InChI=1S/C30H37N5O3/c1-37-28-4-2-3-24(17-28)21-35-29(36)34(27-7-5-25(6-8-27)26-18-31-32-19-26)22-30(35)11-13-33(14-12-30)20-23-9-15-38-16-10-23/h2-8,17-19,23H,9-16,20-22H2,1H3,(H,31,32). The maximum Gasteiger partial charge on any atom is 0.325 e. The van der Waals surface area contributed by atoms with Crippen LogP contribution in [0.25, 0.3) is 11.1 Å². The fourth-order valence-corrected chi connectivity index (χ4v) is 6.30. The van der Waals surface area contributed by atoms with E-state index < -0.39 is 0 Å². The highest BCUT2D eigenvalue weighted by atomic mass is 16.5. The second-order valence-electron chi connectivity index (χ2n) is 10.9. The Kier molecular flexibility index (Phi) is 7.08. The predicted molar refractivity (Wildman–Crippen MR) is 147 cm³/mol. The summed E-state index contributed by atoms with van der Waals surface area (Å²) in [5, 5.41) is 6.93. The van der Waals surface area contributed by atoms with Crippen molar-refractivity contribution in [3.63, 3.8) is 0 Å². The van der Waals surface area contributed by atoms with Crippen molar-refractivity contribution in [3.8, 4) is 16.9 Å². The summed E-state index contributed by atoms with van der Waals surface area (Å²) in [6.07, 6.45) is 7.98. The van der Waals surface area contributed by atoms with E-state index in [-0.39, 0.29) is 11.6 Å². The molecule has 0 aliphatic carbocycles. The third-order valence-corrected chi connectivity index (χ3v) is 8.62. The molecule has 0 radical (unpaired) electrons. The number of carbonyl (C=O) groups is 1. The molecule has 3 saturated heterocycles. The monoisotopic (exact) mass is 515 g/mol. The van der Waals surface area contributed by atoms with Gasteiger partial charge in [-0.3, -0.25) is 10.00 Å². The number of methoxy groups -OCH3 is 1. The van der Waals surface area contributed by atoms with E-state index in [1.165, 1.54) is 0 Å². The summed E-state index contributed by atoms with van der Waals surface area (Å²) in [4.78, 5) is 20.8. The van der Waals surface area contributed by atoms with Crippen LogP contribution < -0.4 is 9.64 Å². The highest BCUT2D eigenvalue weighted by molar-refractivity contribution is 5.95. The number of hydrogen-bond donors (Lipinski definition) is 1. The molecule has 6 rings (SSSR count). The number of likely N-dealkylation sites (tertiary alicyclic amines) is 1. The minimum Gasteiger partial charge on any atom is -0.497 e. The van der Waals surface area contributed by atoms with Crippen LogP contribution in [0.4, 0.5) is 10.5 Å². The number of rotatable bonds is 7. The molecule has 0 atom stereocenters. The number of anilines is 1. The van der Waals surface area contributed by atoms with E-state index in [0.717, 1.165) is 92.6 Å². The second kappa shape index (κ2) is 10.8. The van der Waals surface area contributed by atoms with Gasteiger partial charge >= 0.3 is 6.03 Å². The molecule has 2 amide bonds. The molecule has 38 heavy (non-hydrogen) atoms. The fraction of sp³-hybridized carbons (Fsp3) is 0.467. The van der Waals surface area contributed by atoms with Crippen molar-refractivity contribution >= 4 is 11.7 Å². The van der Waals surface area contributed by atoms with Gasteiger partial charge in [0.1, 0.15) is 5.75 Å². The van der Waals surface area contributed by atoms with E-state index in [0.29, 0.717) is 13.1 Å². The summed E-state index contributed by atoms with van der Waals surface area (Å²) in [7, 11) is 1.69. The molecular weight excluding hydrogens is 478 g/mol. The molecule has 0 unspecified atom stereocenters. The summed E-state index contributed by atoms with van der Waals surface area (Å²) >= 11 is 0. The summed E-state index contributed by atoms with van der Waals surface area (Å²) in [5.41, 5.74) is 3.98. The lowest BCUT2D eigenvalue weighted by Gasteiger charge is -2.44. The van der Waals surface area contributed by atoms with Gasteiger partial charge in [-0.15, -0.1) is 0 Å². The SMILES string of the molecule is COc1cccc(CN2C(=O)N(c3ccc(-c4cn[nH]c4)cc3)CC23CCN(CC2CCOCC2)CC3)c1. The molecule has 3 aromatic rings. The molecule has 1 spiro atoms. The third kappa shape index (κ3) is 5.02. The topological polar surface area (TPSA) is 73.9 Å². The van der Waals surface area contributed by atoms with E-state index in [1.54, 1.807) is 7.11 Å². The maximum atomic E-state index is 14.0. The molecular formula is C30H37N5O3. The highest BCUT2D eigenvalue weighted by Gasteiger charge is 2.51. The number of nitrogens with one attached hydrogen (secondary N) is 1. The first-order valence-electron chi connectivity index (χ1n) is 13.7.